The molecule has 2 N–H and O–H groups in total. The first-order valence-corrected chi connectivity index (χ1v) is 6.63. The van der Waals surface area contributed by atoms with Crippen molar-refractivity contribution in [3.05, 3.63) is 47.6 Å². The minimum absolute atomic E-state index is 0.122. The van der Waals surface area contributed by atoms with Gasteiger partial charge in [-0.25, -0.2) is 8.78 Å². The maximum Gasteiger partial charge on any atom is 0.261 e. The standard InChI is InChI=1S/C14H17F2N3O2/c15-12(16)9-20-7-6-13-18-14(21-19-13)11(17)8-10-4-2-1-3-5-10/h1-5,11-12H,6-9,17H2/t11-/m0/s1. The molecule has 1 aromatic heterocycles. The van der Waals surface area contributed by atoms with Gasteiger partial charge in [0.1, 0.15) is 6.61 Å². The van der Waals surface area contributed by atoms with Crippen molar-refractivity contribution in [2.75, 3.05) is 13.2 Å². The second-order valence-corrected chi connectivity index (χ2v) is 4.56. The van der Waals surface area contributed by atoms with Crippen molar-refractivity contribution in [1.29, 1.82) is 0 Å². The van der Waals surface area contributed by atoms with Crippen molar-refractivity contribution in [2.24, 2.45) is 5.73 Å². The van der Waals surface area contributed by atoms with Gasteiger partial charge in [-0.05, 0) is 12.0 Å². The number of nitrogens with two attached hydrogens (primary N) is 1. The van der Waals surface area contributed by atoms with Crippen LogP contribution >= 0.6 is 0 Å². The van der Waals surface area contributed by atoms with Crippen molar-refractivity contribution in [2.45, 2.75) is 25.3 Å². The van der Waals surface area contributed by atoms with E-state index in [4.69, 9.17) is 15.0 Å². The van der Waals surface area contributed by atoms with E-state index in [2.05, 4.69) is 10.1 Å². The molecule has 1 atom stereocenters. The van der Waals surface area contributed by atoms with Gasteiger partial charge in [-0.2, -0.15) is 4.98 Å². The third-order valence-electron chi connectivity index (χ3n) is 2.81. The smallest absolute Gasteiger partial charge is 0.261 e. The van der Waals surface area contributed by atoms with Crippen LogP contribution in [0.5, 0.6) is 0 Å². The van der Waals surface area contributed by atoms with Gasteiger partial charge in [-0.15, -0.1) is 0 Å². The molecule has 1 aromatic carbocycles. The minimum Gasteiger partial charge on any atom is -0.375 e. The Balaban J connectivity index is 1.81. The van der Waals surface area contributed by atoms with Gasteiger partial charge in [-0.1, -0.05) is 35.5 Å². The van der Waals surface area contributed by atoms with Crippen LogP contribution in [0.25, 0.3) is 0 Å². The SMILES string of the molecule is N[C@@H](Cc1ccccc1)c1nc(CCOCC(F)F)no1. The summed E-state index contributed by atoms with van der Waals surface area (Å²) in [5.41, 5.74) is 7.08. The number of rotatable bonds is 8. The van der Waals surface area contributed by atoms with Crippen molar-refractivity contribution >= 4 is 0 Å². The summed E-state index contributed by atoms with van der Waals surface area (Å²) in [6, 6.07) is 9.34. The molecule has 0 aliphatic heterocycles. The molecule has 0 saturated carbocycles. The summed E-state index contributed by atoms with van der Waals surface area (Å²) in [5.74, 6) is 0.741. The predicted octanol–water partition coefficient (Wildman–Crippen LogP) is 2.14. The van der Waals surface area contributed by atoms with Crippen LogP contribution in [0.15, 0.2) is 34.9 Å². The normalized spacial score (nSPS) is 12.8. The Morgan fingerprint density at radius 3 is 2.71 bits per heavy atom. The molecule has 2 rings (SSSR count). The molecule has 21 heavy (non-hydrogen) atoms. The Morgan fingerprint density at radius 1 is 1.24 bits per heavy atom. The van der Waals surface area contributed by atoms with Crippen molar-refractivity contribution in [1.82, 2.24) is 10.1 Å². The van der Waals surface area contributed by atoms with E-state index in [0.29, 0.717) is 24.6 Å². The Kier molecular flexibility index (Phi) is 5.77. The topological polar surface area (TPSA) is 74.2 Å². The van der Waals surface area contributed by atoms with Crippen molar-refractivity contribution < 1.29 is 18.0 Å². The Hall–Kier alpha value is -1.86. The van der Waals surface area contributed by atoms with E-state index in [1.165, 1.54) is 0 Å². The Bertz CT molecular complexity index is 534. The molecule has 5 nitrogen and oxygen atoms in total. The van der Waals surface area contributed by atoms with Gasteiger partial charge < -0.3 is 15.0 Å². The van der Waals surface area contributed by atoms with Crippen molar-refractivity contribution in [3.63, 3.8) is 0 Å². The first kappa shape index (κ1) is 15.5. The predicted molar refractivity (Wildman–Crippen MR) is 71.9 cm³/mol. The van der Waals surface area contributed by atoms with E-state index < -0.39 is 19.1 Å². The fourth-order valence-corrected chi connectivity index (χ4v) is 1.81. The first-order valence-electron chi connectivity index (χ1n) is 6.63. The average molecular weight is 297 g/mol. The first-order chi connectivity index (χ1) is 10.1. The van der Waals surface area contributed by atoms with E-state index in [-0.39, 0.29) is 6.61 Å². The molecular formula is C14H17F2N3O2. The summed E-state index contributed by atoms with van der Waals surface area (Å²) >= 11 is 0. The number of alkyl halides is 2. The highest BCUT2D eigenvalue weighted by molar-refractivity contribution is 5.16. The summed E-state index contributed by atoms with van der Waals surface area (Å²) < 4.78 is 33.6. The van der Waals surface area contributed by atoms with Crippen LogP contribution in [0.4, 0.5) is 8.78 Å². The summed E-state index contributed by atoms with van der Waals surface area (Å²) in [5, 5.41) is 3.76. The molecule has 2 aromatic rings. The third-order valence-corrected chi connectivity index (χ3v) is 2.81. The van der Waals surface area contributed by atoms with Gasteiger partial charge >= 0.3 is 0 Å². The zero-order chi connectivity index (χ0) is 15.1. The number of ether oxygens (including phenoxy) is 1. The summed E-state index contributed by atoms with van der Waals surface area (Å²) in [7, 11) is 0. The maximum atomic E-state index is 11.9. The molecule has 0 radical (unpaired) electrons. The third kappa shape index (κ3) is 5.20. The number of benzene rings is 1. The molecule has 0 aliphatic rings. The van der Waals surface area contributed by atoms with Gasteiger partial charge in [0.15, 0.2) is 5.82 Å². The monoisotopic (exact) mass is 297 g/mol. The number of hydrogen-bond donors (Lipinski definition) is 1. The molecule has 114 valence electrons. The number of hydrogen-bond acceptors (Lipinski definition) is 5. The quantitative estimate of drug-likeness (QED) is 0.756. The van der Waals surface area contributed by atoms with Crippen LogP contribution in [0.2, 0.25) is 0 Å². The van der Waals surface area contributed by atoms with Gasteiger partial charge in [0.25, 0.3) is 6.43 Å². The molecule has 7 heteroatoms. The average Bonchev–Trinajstić information content (AvgIpc) is 2.93. The zero-order valence-electron chi connectivity index (χ0n) is 11.4. The largest absolute Gasteiger partial charge is 0.375 e. The van der Waals surface area contributed by atoms with Crippen LogP contribution in [0.3, 0.4) is 0 Å². The summed E-state index contributed by atoms with van der Waals surface area (Å²) in [6.45, 7) is -0.463. The molecule has 0 saturated heterocycles. The minimum atomic E-state index is -2.47. The van der Waals surface area contributed by atoms with E-state index in [1.807, 2.05) is 30.3 Å². The molecule has 0 unspecified atom stereocenters. The fourth-order valence-electron chi connectivity index (χ4n) is 1.81. The highest BCUT2D eigenvalue weighted by Gasteiger charge is 2.15. The zero-order valence-corrected chi connectivity index (χ0v) is 11.4. The highest BCUT2D eigenvalue weighted by Crippen LogP contribution is 2.14. The highest BCUT2D eigenvalue weighted by atomic mass is 19.3. The second-order valence-electron chi connectivity index (χ2n) is 4.56. The number of halogens is 2. The second kappa shape index (κ2) is 7.80. The van der Waals surface area contributed by atoms with E-state index >= 15 is 0 Å². The van der Waals surface area contributed by atoms with E-state index in [1.54, 1.807) is 0 Å². The van der Waals surface area contributed by atoms with Gasteiger partial charge in [0.05, 0.1) is 12.6 Å². The molecule has 0 bridgehead atoms. The fraction of sp³-hybridized carbons (Fsp3) is 0.429. The lowest BCUT2D eigenvalue weighted by atomic mass is 10.1. The maximum absolute atomic E-state index is 11.9. The lowest BCUT2D eigenvalue weighted by Crippen LogP contribution is -2.14. The lowest BCUT2D eigenvalue weighted by molar-refractivity contribution is 0.0182. The van der Waals surface area contributed by atoms with E-state index in [0.717, 1.165) is 5.56 Å². The van der Waals surface area contributed by atoms with Crippen LogP contribution in [0, 0.1) is 0 Å². The van der Waals surface area contributed by atoms with Crippen LogP contribution in [0.1, 0.15) is 23.3 Å². The number of nitrogens with zero attached hydrogens (tertiary/aromatic N) is 2. The van der Waals surface area contributed by atoms with Crippen molar-refractivity contribution in [3.8, 4) is 0 Å². The molecule has 1 heterocycles. The van der Waals surface area contributed by atoms with Crippen LogP contribution in [-0.2, 0) is 17.6 Å². The molecule has 0 aliphatic carbocycles. The molecule has 0 amide bonds. The van der Waals surface area contributed by atoms with E-state index in [9.17, 15) is 8.78 Å². The van der Waals surface area contributed by atoms with Crippen LogP contribution < -0.4 is 5.73 Å². The van der Waals surface area contributed by atoms with Gasteiger partial charge in [0.2, 0.25) is 5.89 Å². The molecule has 0 fully saturated rings. The lowest BCUT2D eigenvalue weighted by Gasteiger charge is -2.06. The number of aromatic nitrogens is 2. The van der Waals surface area contributed by atoms with Gasteiger partial charge in [0, 0.05) is 6.42 Å². The Morgan fingerprint density at radius 2 is 2.00 bits per heavy atom. The summed E-state index contributed by atoms with van der Waals surface area (Å²) in [4.78, 5) is 4.15. The molecular weight excluding hydrogens is 280 g/mol. The van der Waals surface area contributed by atoms with Gasteiger partial charge in [-0.3, -0.25) is 0 Å². The van der Waals surface area contributed by atoms with Crippen LogP contribution in [-0.4, -0.2) is 29.8 Å². The Labute approximate surface area is 121 Å². The summed E-state index contributed by atoms with van der Waals surface area (Å²) in [6.07, 6.45) is -1.57. The molecule has 0 spiro atoms.